The lowest BCUT2D eigenvalue weighted by atomic mass is 9.71. The third-order valence-corrected chi connectivity index (χ3v) is 10.8. The fourth-order valence-corrected chi connectivity index (χ4v) is 7.20. The van der Waals surface area contributed by atoms with Gasteiger partial charge in [0.05, 0.1) is 6.04 Å². The van der Waals surface area contributed by atoms with Gasteiger partial charge >= 0.3 is 24.3 Å². The number of likely N-dealkylation sites (tertiary alicyclic amines) is 2. The van der Waals surface area contributed by atoms with E-state index in [1.54, 1.807) is 0 Å². The number of rotatable bonds is 18. The summed E-state index contributed by atoms with van der Waals surface area (Å²) in [6, 6.07) is 15.2. The molecule has 2 heterocycles. The number of benzene rings is 2. The monoisotopic (exact) mass is 945 g/mol. The lowest BCUT2D eigenvalue weighted by Gasteiger charge is -2.54. The van der Waals surface area contributed by atoms with Gasteiger partial charge in [-0.1, -0.05) is 81.4 Å². The molecule has 4 unspecified atom stereocenters. The third kappa shape index (κ3) is 19.4. The fourth-order valence-electron chi connectivity index (χ4n) is 7.20. The molecule has 0 aliphatic carbocycles. The van der Waals surface area contributed by atoms with Gasteiger partial charge in [0.25, 0.3) is 0 Å². The SMILES string of the molecule is CCC(=O)N1CC2(CCN(C(=O)C(CCCCN)NC(=O)C(CC(C)C)NC(=O)C(Cc3ccccc3)NC(=O)C(N)Cc3ccccc3)CC2)C1.O=C(O)C(F)(F)F.O=C(O)C(F)(F)F. The maximum Gasteiger partial charge on any atom is 0.490 e. The molecule has 66 heavy (non-hydrogen) atoms. The molecular weight excluding hydrogens is 885 g/mol. The molecule has 0 saturated carbocycles. The number of nitrogens with zero attached hydrogens (tertiary/aromatic N) is 2. The number of unbranched alkanes of at least 4 members (excludes halogenated alkanes) is 1. The van der Waals surface area contributed by atoms with Gasteiger partial charge in [-0.05, 0) is 68.5 Å². The molecule has 5 amide bonds. The van der Waals surface area contributed by atoms with Crippen LogP contribution in [0.3, 0.4) is 0 Å². The normalized spacial score (nSPS) is 16.1. The smallest absolute Gasteiger partial charge is 0.475 e. The van der Waals surface area contributed by atoms with Gasteiger partial charge < -0.3 is 47.4 Å². The molecule has 2 aromatic carbocycles. The number of carbonyl (C=O) groups is 7. The second kappa shape index (κ2) is 26.4. The third-order valence-electron chi connectivity index (χ3n) is 10.8. The predicted octanol–water partition coefficient (Wildman–Crippen LogP) is 3.56. The second-order valence-corrected chi connectivity index (χ2v) is 16.6. The van der Waals surface area contributed by atoms with E-state index in [1.807, 2.05) is 91.2 Å². The van der Waals surface area contributed by atoms with Gasteiger partial charge in [0.1, 0.15) is 18.1 Å². The number of amides is 5. The van der Waals surface area contributed by atoms with Crippen molar-refractivity contribution >= 4 is 41.5 Å². The number of hydrogen-bond donors (Lipinski definition) is 7. The molecule has 0 radical (unpaired) electrons. The van der Waals surface area contributed by atoms with Crippen molar-refractivity contribution in [2.24, 2.45) is 22.8 Å². The Kier molecular flexibility index (Phi) is 22.5. The lowest BCUT2D eigenvalue weighted by molar-refractivity contribution is -0.193. The van der Waals surface area contributed by atoms with Crippen molar-refractivity contribution in [3.05, 3.63) is 71.8 Å². The first-order valence-corrected chi connectivity index (χ1v) is 21.4. The van der Waals surface area contributed by atoms with Gasteiger partial charge in [-0.15, -0.1) is 0 Å². The first kappa shape index (κ1) is 56.4. The molecule has 368 valence electrons. The molecule has 2 fully saturated rings. The molecular formula is C44H61F6N7O9. The first-order valence-electron chi connectivity index (χ1n) is 21.4. The van der Waals surface area contributed by atoms with Crippen molar-refractivity contribution in [2.45, 2.75) is 115 Å². The minimum atomic E-state index is -5.08. The Morgan fingerprint density at radius 2 is 1.12 bits per heavy atom. The van der Waals surface area contributed by atoms with Crippen LogP contribution >= 0.6 is 0 Å². The van der Waals surface area contributed by atoms with E-state index in [0.29, 0.717) is 58.2 Å². The van der Waals surface area contributed by atoms with Crippen molar-refractivity contribution in [2.75, 3.05) is 32.7 Å². The van der Waals surface area contributed by atoms with Crippen molar-refractivity contribution < 1.29 is 70.1 Å². The highest BCUT2D eigenvalue weighted by Gasteiger charge is 2.47. The van der Waals surface area contributed by atoms with Gasteiger partial charge in [-0.25, -0.2) is 9.59 Å². The summed E-state index contributed by atoms with van der Waals surface area (Å²) in [5, 5.41) is 23.0. The standard InChI is InChI=1S/C40H59N7O5.2C2HF3O2/c1-4-35(48)47-26-40(27-47)18-21-46(22-19-40)39(52)32(17-11-12-20-41)43-37(50)33(23-28(2)3)45-38(51)34(25-30-15-9-6-10-16-30)44-36(49)31(42)24-29-13-7-5-8-14-29;2*3-2(4,5)1(6)7/h5-10,13-16,28,31-34H,4,11-12,17-27,41-42H2,1-3H3,(H,43,50)(H,44,49)(H,45,51);2*(H,6,7). The largest absolute Gasteiger partial charge is 0.490 e. The average Bonchev–Trinajstić information content (AvgIpc) is 3.24. The number of halogens is 6. The van der Waals surface area contributed by atoms with Crippen LogP contribution in [0.2, 0.25) is 0 Å². The van der Waals surface area contributed by atoms with Crippen LogP contribution in [0.15, 0.2) is 60.7 Å². The van der Waals surface area contributed by atoms with E-state index >= 15 is 0 Å². The number of carbonyl (C=O) groups excluding carboxylic acids is 5. The average molecular weight is 946 g/mol. The Bertz CT molecular complexity index is 1870. The summed E-state index contributed by atoms with van der Waals surface area (Å²) in [4.78, 5) is 88.8. The van der Waals surface area contributed by atoms with Crippen LogP contribution < -0.4 is 27.4 Å². The number of nitrogens with one attached hydrogen (secondary N) is 3. The van der Waals surface area contributed by atoms with E-state index in [1.165, 1.54) is 0 Å². The summed E-state index contributed by atoms with van der Waals surface area (Å²) >= 11 is 0. The molecule has 22 heteroatoms. The maximum atomic E-state index is 14.0. The highest BCUT2D eigenvalue weighted by Crippen LogP contribution is 2.40. The van der Waals surface area contributed by atoms with E-state index < -0.39 is 66.2 Å². The van der Waals surface area contributed by atoms with E-state index in [2.05, 4.69) is 16.0 Å². The van der Waals surface area contributed by atoms with Gasteiger partial charge in [0, 0.05) is 44.4 Å². The summed E-state index contributed by atoms with van der Waals surface area (Å²) in [6.45, 7) is 8.87. The highest BCUT2D eigenvalue weighted by atomic mass is 19.4. The molecule has 16 nitrogen and oxygen atoms in total. The molecule has 2 aliphatic rings. The molecule has 0 aromatic heterocycles. The Morgan fingerprint density at radius 3 is 1.56 bits per heavy atom. The van der Waals surface area contributed by atoms with Crippen molar-refractivity contribution in [1.29, 1.82) is 0 Å². The van der Waals surface area contributed by atoms with Crippen LogP contribution in [0.5, 0.6) is 0 Å². The number of hydrogen-bond acceptors (Lipinski definition) is 9. The fraction of sp³-hybridized carbons (Fsp3) is 0.568. The zero-order chi connectivity index (χ0) is 49.8. The zero-order valence-corrected chi connectivity index (χ0v) is 37.1. The minimum absolute atomic E-state index is 0.0452. The van der Waals surface area contributed by atoms with Gasteiger partial charge in [0.15, 0.2) is 0 Å². The van der Waals surface area contributed by atoms with Crippen LogP contribution in [-0.2, 0) is 46.4 Å². The predicted molar refractivity (Wildman–Crippen MR) is 229 cm³/mol. The lowest BCUT2D eigenvalue weighted by Crippen LogP contribution is -2.63. The van der Waals surface area contributed by atoms with E-state index in [0.717, 1.165) is 37.1 Å². The Balaban J connectivity index is 0.000000923. The van der Waals surface area contributed by atoms with E-state index in [-0.39, 0.29) is 29.6 Å². The van der Waals surface area contributed by atoms with Crippen LogP contribution in [0.25, 0.3) is 0 Å². The molecule has 2 aliphatic heterocycles. The molecule has 0 bridgehead atoms. The molecule has 2 aromatic rings. The number of aliphatic carboxylic acids is 2. The van der Waals surface area contributed by atoms with Gasteiger partial charge in [0.2, 0.25) is 29.5 Å². The summed E-state index contributed by atoms with van der Waals surface area (Å²) < 4.78 is 63.5. The number of alkyl halides is 6. The topological polar surface area (TPSA) is 255 Å². The van der Waals surface area contributed by atoms with E-state index in [4.69, 9.17) is 31.3 Å². The molecule has 4 rings (SSSR count). The first-order chi connectivity index (χ1) is 30.8. The Labute approximate surface area is 379 Å². The minimum Gasteiger partial charge on any atom is -0.475 e. The summed E-state index contributed by atoms with van der Waals surface area (Å²) in [5.74, 6) is -6.87. The maximum absolute atomic E-state index is 14.0. The number of piperidine rings is 1. The molecule has 4 atom stereocenters. The van der Waals surface area contributed by atoms with Crippen LogP contribution in [0, 0.1) is 11.3 Å². The zero-order valence-electron chi connectivity index (χ0n) is 37.1. The van der Waals surface area contributed by atoms with Crippen LogP contribution in [0.1, 0.15) is 76.8 Å². The quantitative estimate of drug-likeness (QED) is 0.0841. The summed E-state index contributed by atoms with van der Waals surface area (Å²) in [5.41, 5.74) is 13.9. The van der Waals surface area contributed by atoms with Crippen LogP contribution in [0.4, 0.5) is 26.3 Å². The molecule has 9 N–H and O–H groups in total. The molecule has 1 spiro atoms. The highest BCUT2D eigenvalue weighted by molar-refractivity contribution is 5.95. The summed E-state index contributed by atoms with van der Waals surface area (Å²) in [6.07, 6.45) is -5.41. The number of carboxylic acid groups (broad SMARTS) is 2. The van der Waals surface area contributed by atoms with Gasteiger partial charge in [-0.3, -0.25) is 24.0 Å². The van der Waals surface area contributed by atoms with Gasteiger partial charge in [-0.2, -0.15) is 26.3 Å². The van der Waals surface area contributed by atoms with Crippen LogP contribution in [-0.4, -0.2) is 131 Å². The Hall–Kier alpha value is -5.77. The van der Waals surface area contributed by atoms with Crippen molar-refractivity contribution in [3.8, 4) is 0 Å². The molecule has 2 saturated heterocycles. The second-order valence-electron chi connectivity index (χ2n) is 16.6. The number of carboxylic acids is 2. The Morgan fingerprint density at radius 1 is 0.682 bits per heavy atom. The summed E-state index contributed by atoms with van der Waals surface area (Å²) in [7, 11) is 0. The van der Waals surface area contributed by atoms with Crippen molar-refractivity contribution in [3.63, 3.8) is 0 Å². The van der Waals surface area contributed by atoms with Crippen molar-refractivity contribution in [1.82, 2.24) is 25.8 Å². The number of nitrogens with two attached hydrogens (primary N) is 2. The van der Waals surface area contributed by atoms with E-state index in [9.17, 15) is 50.3 Å².